The molecule has 1 amide bonds. The molecule has 1 aliphatic rings. The minimum Gasteiger partial charge on any atom is -0.491 e. The molecule has 0 radical (unpaired) electrons. The third-order valence-corrected chi connectivity index (χ3v) is 2.99. The van der Waals surface area contributed by atoms with Gasteiger partial charge in [-0.15, -0.1) is 0 Å². The molecular weight excluding hydrogens is 262 g/mol. The highest BCUT2D eigenvalue weighted by Crippen LogP contribution is 2.37. The van der Waals surface area contributed by atoms with Crippen molar-refractivity contribution in [3.8, 4) is 5.75 Å². The van der Waals surface area contributed by atoms with Crippen molar-refractivity contribution in [3.63, 3.8) is 0 Å². The van der Waals surface area contributed by atoms with Crippen LogP contribution in [0.1, 0.15) is 11.6 Å². The van der Waals surface area contributed by atoms with Gasteiger partial charge in [-0.2, -0.15) is 0 Å². The van der Waals surface area contributed by atoms with Crippen molar-refractivity contribution in [2.24, 2.45) is 0 Å². The van der Waals surface area contributed by atoms with E-state index in [9.17, 15) is 4.79 Å². The first kappa shape index (κ1) is 10.3. The number of halogens is 1. The summed E-state index contributed by atoms with van der Waals surface area (Å²) in [5, 5.41) is 8.88. The predicted octanol–water partition coefficient (Wildman–Crippen LogP) is 2.49. The summed E-state index contributed by atoms with van der Waals surface area (Å²) < 4.78 is 6.36. The summed E-state index contributed by atoms with van der Waals surface area (Å²) >= 11 is 3.34. The Morgan fingerprint density at radius 1 is 1.67 bits per heavy atom. The Labute approximate surface area is 95.6 Å². The molecule has 1 aromatic rings. The zero-order chi connectivity index (χ0) is 11.0. The number of hydrogen-bond donors (Lipinski definition) is 1. The van der Waals surface area contributed by atoms with Crippen molar-refractivity contribution < 1.29 is 14.6 Å². The lowest BCUT2D eigenvalue weighted by molar-refractivity contribution is 0.129. The van der Waals surface area contributed by atoms with Gasteiger partial charge in [0.2, 0.25) is 0 Å². The lowest BCUT2D eigenvalue weighted by Crippen LogP contribution is -2.30. The summed E-state index contributed by atoms with van der Waals surface area (Å²) in [6, 6.07) is 5.42. The average molecular weight is 272 g/mol. The first-order chi connectivity index (χ1) is 7.09. The third kappa shape index (κ3) is 1.79. The van der Waals surface area contributed by atoms with Gasteiger partial charge in [0.15, 0.2) is 0 Å². The maximum atomic E-state index is 10.8. The Kier molecular flexibility index (Phi) is 2.56. The summed E-state index contributed by atoms with van der Waals surface area (Å²) in [7, 11) is 1.55. The van der Waals surface area contributed by atoms with Crippen LogP contribution in [-0.2, 0) is 0 Å². The second-order valence-corrected chi connectivity index (χ2v) is 4.32. The molecule has 1 aliphatic heterocycles. The smallest absolute Gasteiger partial charge is 0.407 e. The van der Waals surface area contributed by atoms with E-state index < -0.39 is 6.09 Å². The van der Waals surface area contributed by atoms with Gasteiger partial charge < -0.3 is 14.7 Å². The van der Waals surface area contributed by atoms with E-state index in [1.165, 1.54) is 4.90 Å². The van der Waals surface area contributed by atoms with Crippen molar-refractivity contribution in [1.29, 1.82) is 0 Å². The monoisotopic (exact) mass is 271 g/mol. The van der Waals surface area contributed by atoms with Crippen molar-refractivity contribution in [1.82, 2.24) is 4.90 Å². The van der Waals surface area contributed by atoms with Crippen LogP contribution in [0.4, 0.5) is 4.79 Å². The molecule has 0 aliphatic carbocycles. The van der Waals surface area contributed by atoms with Crippen molar-refractivity contribution in [2.45, 2.75) is 6.04 Å². The van der Waals surface area contributed by atoms with Crippen LogP contribution < -0.4 is 4.74 Å². The second-order valence-electron chi connectivity index (χ2n) is 3.40. The van der Waals surface area contributed by atoms with Crippen LogP contribution in [0.5, 0.6) is 5.75 Å². The fourth-order valence-corrected chi connectivity index (χ4v) is 1.96. The first-order valence-corrected chi connectivity index (χ1v) is 5.27. The number of carboxylic acid groups (broad SMARTS) is 1. The zero-order valence-electron chi connectivity index (χ0n) is 8.11. The van der Waals surface area contributed by atoms with Crippen LogP contribution in [0.3, 0.4) is 0 Å². The van der Waals surface area contributed by atoms with Gasteiger partial charge in [-0.3, -0.25) is 0 Å². The maximum absolute atomic E-state index is 10.8. The molecule has 0 spiro atoms. The van der Waals surface area contributed by atoms with Gasteiger partial charge in [-0.1, -0.05) is 22.0 Å². The lowest BCUT2D eigenvalue weighted by atomic mass is 10.1. The molecular formula is C10H10BrNO3. The Morgan fingerprint density at radius 3 is 3.07 bits per heavy atom. The van der Waals surface area contributed by atoms with E-state index in [2.05, 4.69) is 15.9 Å². The normalized spacial score (nSPS) is 18.1. The number of rotatable bonds is 1. The Bertz CT molecular complexity index is 408. The van der Waals surface area contributed by atoms with Gasteiger partial charge in [0.05, 0.1) is 6.04 Å². The quantitative estimate of drug-likeness (QED) is 0.854. The number of carbonyl (C=O) groups is 1. The van der Waals surface area contributed by atoms with E-state index in [1.54, 1.807) is 7.05 Å². The molecule has 1 heterocycles. The molecule has 4 nitrogen and oxygen atoms in total. The fraction of sp³-hybridized carbons (Fsp3) is 0.300. The highest BCUT2D eigenvalue weighted by Gasteiger charge is 2.30. The molecule has 1 atom stereocenters. The highest BCUT2D eigenvalue weighted by atomic mass is 79.9. The van der Waals surface area contributed by atoms with Crippen LogP contribution in [0, 0.1) is 0 Å². The molecule has 15 heavy (non-hydrogen) atoms. The minimum absolute atomic E-state index is 0.203. The molecule has 2 rings (SSSR count). The first-order valence-electron chi connectivity index (χ1n) is 4.47. The van der Waals surface area contributed by atoms with E-state index in [0.29, 0.717) is 6.61 Å². The Hall–Kier alpha value is -1.23. The fourth-order valence-electron chi connectivity index (χ4n) is 1.62. The zero-order valence-corrected chi connectivity index (χ0v) is 9.69. The molecule has 1 N–H and O–H groups in total. The van der Waals surface area contributed by atoms with E-state index in [0.717, 1.165) is 15.8 Å². The summed E-state index contributed by atoms with van der Waals surface area (Å²) in [6.07, 6.45) is -0.945. The summed E-state index contributed by atoms with van der Waals surface area (Å²) in [6.45, 7) is 0.384. The molecule has 0 unspecified atom stereocenters. The SMILES string of the molecule is CN(C(=O)O)[C@@H]1COc2cc(Br)ccc21. The molecule has 0 fully saturated rings. The minimum atomic E-state index is -0.945. The van der Waals surface area contributed by atoms with Gasteiger partial charge >= 0.3 is 6.09 Å². The number of hydrogen-bond acceptors (Lipinski definition) is 2. The van der Waals surface area contributed by atoms with Gasteiger partial charge in [-0.25, -0.2) is 4.79 Å². The number of amides is 1. The van der Waals surface area contributed by atoms with Gasteiger partial charge in [-0.05, 0) is 12.1 Å². The molecule has 80 valence electrons. The van der Waals surface area contributed by atoms with Crippen molar-refractivity contribution >= 4 is 22.0 Å². The van der Waals surface area contributed by atoms with Crippen molar-refractivity contribution in [2.75, 3.05) is 13.7 Å². The number of nitrogens with zero attached hydrogens (tertiary/aromatic N) is 1. The van der Waals surface area contributed by atoms with Crippen LogP contribution in [-0.4, -0.2) is 29.8 Å². The van der Waals surface area contributed by atoms with Crippen LogP contribution in [0.15, 0.2) is 22.7 Å². The Morgan fingerprint density at radius 2 is 2.40 bits per heavy atom. The average Bonchev–Trinajstić information content (AvgIpc) is 2.59. The van der Waals surface area contributed by atoms with Crippen LogP contribution >= 0.6 is 15.9 Å². The van der Waals surface area contributed by atoms with E-state index in [4.69, 9.17) is 9.84 Å². The maximum Gasteiger partial charge on any atom is 0.407 e. The molecule has 0 bridgehead atoms. The van der Waals surface area contributed by atoms with Crippen molar-refractivity contribution in [3.05, 3.63) is 28.2 Å². The van der Waals surface area contributed by atoms with Gasteiger partial charge in [0, 0.05) is 17.1 Å². The van der Waals surface area contributed by atoms with E-state index in [1.807, 2.05) is 18.2 Å². The molecule has 0 aromatic heterocycles. The Balaban J connectivity index is 2.32. The largest absolute Gasteiger partial charge is 0.491 e. The third-order valence-electron chi connectivity index (χ3n) is 2.50. The van der Waals surface area contributed by atoms with E-state index >= 15 is 0 Å². The highest BCUT2D eigenvalue weighted by molar-refractivity contribution is 9.10. The standard InChI is InChI=1S/C10H10BrNO3/c1-12(10(13)14)8-5-15-9-4-6(11)2-3-7(8)9/h2-4,8H,5H2,1H3,(H,13,14)/t8-/m1/s1. The van der Waals surface area contributed by atoms with Gasteiger partial charge in [0.1, 0.15) is 12.4 Å². The summed E-state index contributed by atoms with van der Waals surface area (Å²) in [5.74, 6) is 0.752. The van der Waals surface area contributed by atoms with Crippen LogP contribution in [0.2, 0.25) is 0 Å². The number of likely N-dealkylation sites (N-methyl/N-ethyl adjacent to an activating group) is 1. The second kappa shape index (κ2) is 3.73. The predicted molar refractivity (Wildman–Crippen MR) is 58.2 cm³/mol. The topological polar surface area (TPSA) is 49.8 Å². The van der Waals surface area contributed by atoms with Gasteiger partial charge in [0.25, 0.3) is 0 Å². The molecule has 5 heteroatoms. The summed E-state index contributed by atoms with van der Waals surface area (Å²) in [5.41, 5.74) is 0.920. The number of benzene rings is 1. The molecule has 1 aromatic carbocycles. The van der Waals surface area contributed by atoms with E-state index in [-0.39, 0.29) is 6.04 Å². The molecule has 0 saturated heterocycles. The number of fused-ring (bicyclic) bond motifs is 1. The van der Waals surface area contributed by atoms with Crippen LogP contribution in [0.25, 0.3) is 0 Å². The lowest BCUT2D eigenvalue weighted by Gasteiger charge is -2.19. The summed E-state index contributed by atoms with van der Waals surface area (Å²) in [4.78, 5) is 12.1. The number of ether oxygens (including phenoxy) is 1. The molecule has 0 saturated carbocycles.